The largest absolute Gasteiger partial charge is 0.481 e. The average molecular weight is 597 g/mol. The Hall–Kier alpha value is -0.930. The number of carboxylic acid groups (broad SMARTS) is 2. The van der Waals surface area contributed by atoms with Gasteiger partial charge < -0.3 is 10.2 Å². The molecule has 0 radical (unpaired) electrons. The predicted molar refractivity (Wildman–Crippen MR) is 131 cm³/mol. The first kappa shape index (κ1) is 28.3. The maximum absolute atomic E-state index is 14.0. The molecule has 13 heteroatoms. The summed E-state index contributed by atoms with van der Waals surface area (Å²) in [7, 11) is -4.61. The molecule has 0 aliphatic carbocycles. The Kier molecular flexibility index (Phi) is 10.0. The van der Waals surface area contributed by atoms with Crippen molar-refractivity contribution < 1.29 is 28.2 Å². The quantitative estimate of drug-likeness (QED) is 0.297. The van der Waals surface area contributed by atoms with Crippen LogP contribution < -0.4 is 0 Å². The van der Waals surface area contributed by atoms with Crippen molar-refractivity contribution in [3.63, 3.8) is 0 Å². The lowest BCUT2D eigenvalue weighted by Gasteiger charge is -2.31. The van der Waals surface area contributed by atoms with Crippen molar-refractivity contribution in [1.29, 1.82) is 0 Å². The highest BCUT2D eigenvalue weighted by molar-refractivity contribution is 7.92. The average Bonchev–Trinajstić information content (AvgIpc) is 2.66. The number of carboxylic acids is 2. The van der Waals surface area contributed by atoms with E-state index in [1.165, 1.54) is 36.4 Å². The molecular formula is C20H16Cl6O6S. The minimum absolute atomic E-state index is 0.0377. The number of hydrogen-bond acceptors (Lipinski definition) is 4. The molecule has 0 fully saturated rings. The summed E-state index contributed by atoms with van der Waals surface area (Å²) in [5.41, 5.74) is -0.125. The highest BCUT2D eigenvalue weighted by Crippen LogP contribution is 2.47. The highest BCUT2D eigenvalue weighted by atomic mass is 35.5. The summed E-state index contributed by atoms with van der Waals surface area (Å²) in [6, 6.07) is 8.00. The first-order chi connectivity index (χ1) is 15.2. The molecule has 2 aromatic rings. The van der Waals surface area contributed by atoms with Crippen LogP contribution in [-0.2, 0) is 19.4 Å². The van der Waals surface area contributed by atoms with Crippen LogP contribution in [0.25, 0.3) is 0 Å². The van der Waals surface area contributed by atoms with Crippen LogP contribution in [0.3, 0.4) is 0 Å². The van der Waals surface area contributed by atoms with Gasteiger partial charge in [0, 0.05) is 20.1 Å². The molecule has 0 aliphatic rings. The third kappa shape index (κ3) is 7.04. The number of sulfone groups is 1. The second-order valence-corrected chi connectivity index (χ2v) is 12.0. The first-order valence-electron chi connectivity index (χ1n) is 9.10. The summed E-state index contributed by atoms with van der Waals surface area (Å²) < 4.78 is 28.1. The van der Waals surface area contributed by atoms with Crippen LogP contribution in [-0.4, -0.2) is 41.3 Å². The van der Waals surface area contributed by atoms with Gasteiger partial charge in [-0.15, -0.1) is 23.2 Å². The molecule has 180 valence electrons. The Labute approximate surface area is 220 Å². The van der Waals surface area contributed by atoms with Crippen molar-refractivity contribution in [1.82, 2.24) is 0 Å². The van der Waals surface area contributed by atoms with Crippen molar-refractivity contribution >= 4 is 91.4 Å². The van der Waals surface area contributed by atoms with Crippen LogP contribution in [0, 0.1) is 0 Å². The van der Waals surface area contributed by atoms with Crippen LogP contribution in [0.2, 0.25) is 20.1 Å². The van der Waals surface area contributed by atoms with Crippen molar-refractivity contribution in [2.75, 3.05) is 0 Å². The number of hydrogen-bond donors (Lipinski definition) is 2. The minimum Gasteiger partial charge on any atom is -0.481 e. The Balaban J connectivity index is 2.83. The van der Waals surface area contributed by atoms with E-state index in [0.29, 0.717) is 0 Å². The second-order valence-electron chi connectivity index (χ2n) is 6.99. The molecule has 2 N–H and O–H groups in total. The van der Waals surface area contributed by atoms with Crippen molar-refractivity contribution in [2.24, 2.45) is 0 Å². The summed E-state index contributed by atoms with van der Waals surface area (Å²) in [5.74, 6) is -2.72. The van der Waals surface area contributed by atoms with Crippen LogP contribution in [0.5, 0.6) is 0 Å². The third-order valence-corrected chi connectivity index (χ3v) is 9.48. The van der Waals surface area contributed by atoms with Crippen LogP contribution in [0.1, 0.15) is 34.5 Å². The molecular weight excluding hydrogens is 581 g/mol. The Bertz CT molecular complexity index is 1070. The van der Waals surface area contributed by atoms with Gasteiger partial charge in [0.05, 0.1) is 23.6 Å². The van der Waals surface area contributed by atoms with E-state index in [9.17, 15) is 28.2 Å². The Morgan fingerprint density at radius 2 is 1.06 bits per heavy atom. The second kappa shape index (κ2) is 11.7. The monoisotopic (exact) mass is 594 g/mol. The van der Waals surface area contributed by atoms with Gasteiger partial charge in [-0.05, 0) is 47.5 Å². The van der Waals surface area contributed by atoms with Crippen molar-refractivity contribution in [3.8, 4) is 0 Å². The molecule has 0 bridgehead atoms. The molecule has 0 aromatic heterocycles. The lowest BCUT2D eigenvalue weighted by atomic mass is 10.1. The van der Waals surface area contributed by atoms with Gasteiger partial charge in [-0.3, -0.25) is 9.59 Å². The SMILES string of the molecule is O=C(O)CC(Cl)C(c1cc(Cl)ccc1Cl)S(=O)(=O)C(c1cc(Cl)ccc1Cl)C(Cl)CC(=O)O. The fourth-order valence-electron chi connectivity index (χ4n) is 3.33. The number of alkyl halides is 2. The van der Waals surface area contributed by atoms with Gasteiger partial charge in [0.1, 0.15) is 10.5 Å². The highest BCUT2D eigenvalue weighted by Gasteiger charge is 2.46. The van der Waals surface area contributed by atoms with Gasteiger partial charge in [-0.25, -0.2) is 8.42 Å². The fourth-order valence-corrected chi connectivity index (χ4v) is 8.11. The zero-order valence-electron chi connectivity index (χ0n) is 16.4. The van der Waals surface area contributed by atoms with E-state index >= 15 is 0 Å². The summed E-state index contributed by atoms with van der Waals surface area (Å²) in [4.78, 5) is 22.7. The molecule has 6 nitrogen and oxygen atoms in total. The molecule has 0 saturated heterocycles. The van der Waals surface area contributed by atoms with Gasteiger partial charge in [0.15, 0.2) is 9.84 Å². The molecule has 0 aliphatic heterocycles. The zero-order chi connectivity index (χ0) is 25.1. The molecule has 4 unspecified atom stereocenters. The summed E-state index contributed by atoms with van der Waals surface area (Å²) >= 11 is 37.2. The maximum Gasteiger partial charge on any atom is 0.304 e. The predicted octanol–water partition coefficient (Wildman–Crippen LogP) is 6.66. The molecule has 0 spiro atoms. The zero-order valence-corrected chi connectivity index (χ0v) is 21.7. The molecule has 0 heterocycles. The fraction of sp³-hybridized carbons (Fsp3) is 0.300. The molecule has 4 atom stereocenters. The van der Waals surface area contributed by atoms with E-state index in [1.807, 2.05) is 0 Å². The van der Waals surface area contributed by atoms with E-state index < -0.39 is 55.9 Å². The number of carbonyl (C=O) groups is 2. The van der Waals surface area contributed by atoms with Gasteiger partial charge in [0.2, 0.25) is 0 Å². The van der Waals surface area contributed by atoms with Crippen LogP contribution >= 0.6 is 69.6 Å². The number of rotatable bonds is 10. The van der Waals surface area contributed by atoms with Gasteiger partial charge in [-0.1, -0.05) is 46.4 Å². The van der Waals surface area contributed by atoms with E-state index in [0.717, 1.165) is 0 Å². The van der Waals surface area contributed by atoms with Gasteiger partial charge >= 0.3 is 11.9 Å². The van der Waals surface area contributed by atoms with E-state index in [2.05, 4.69) is 0 Å². The van der Waals surface area contributed by atoms with Crippen molar-refractivity contribution in [2.45, 2.75) is 34.1 Å². The third-order valence-electron chi connectivity index (χ3n) is 4.63. The first-order valence-corrected chi connectivity index (χ1v) is 13.1. The van der Waals surface area contributed by atoms with E-state index in [4.69, 9.17) is 69.6 Å². The van der Waals surface area contributed by atoms with E-state index in [1.54, 1.807) is 0 Å². The molecule has 2 aromatic carbocycles. The molecule has 0 saturated carbocycles. The van der Waals surface area contributed by atoms with Crippen LogP contribution in [0.15, 0.2) is 36.4 Å². The topological polar surface area (TPSA) is 109 Å². The molecule has 2 rings (SSSR count). The number of benzene rings is 2. The summed E-state index contributed by atoms with van der Waals surface area (Å²) in [6.45, 7) is 0. The van der Waals surface area contributed by atoms with Crippen LogP contribution in [0.4, 0.5) is 0 Å². The minimum atomic E-state index is -4.61. The van der Waals surface area contributed by atoms with Gasteiger partial charge in [0.25, 0.3) is 0 Å². The summed E-state index contributed by atoms with van der Waals surface area (Å²) in [5, 5.41) is 12.2. The molecule has 0 amide bonds. The number of aliphatic carboxylic acids is 2. The maximum atomic E-state index is 14.0. The lowest BCUT2D eigenvalue weighted by Crippen LogP contribution is -2.34. The smallest absolute Gasteiger partial charge is 0.304 e. The van der Waals surface area contributed by atoms with Crippen molar-refractivity contribution in [3.05, 3.63) is 67.6 Å². The summed E-state index contributed by atoms with van der Waals surface area (Å²) in [6.07, 6.45) is -1.51. The normalized spacial score (nSPS) is 15.5. The standard InChI is InChI=1S/C20H16Cl6O6S/c21-9-1-3-13(23)11(5-9)19(15(25)7-17(27)28)33(31,32)20(16(26)8-18(29)30)12-6-10(22)2-4-14(12)24/h1-6,15-16,19-20H,7-8H2,(H,27,28)(H,29,30). The van der Waals surface area contributed by atoms with E-state index in [-0.39, 0.29) is 31.2 Å². The molecule has 33 heavy (non-hydrogen) atoms. The number of halogens is 6. The lowest BCUT2D eigenvalue weighted by molar-refractivity contribution is -0.138. The Morgan fingerprint density at radius 3 is 1.36 bits per heavy atom. The van der Waals surface area contributed by atoms with Gasteiger partial charge in [-0.2, -0.15) is 0 Å². The Morgan fingerprint density at radius 1 is 0.727 bits per heavy atom.